The van der Waals surface area contributed by atoms with Gasteiger partial charge in [0.1, 0.15) is 5.75 Å². The number of anilines is 1. The van der Waals surface area contributed by atoms with Crippen LogP contribution in [0.4, 0.5) is 5.69 Å². The molecule has 3 rings (SSSR count). The van der Waals surface area contributed by atoms with E-state index >= 15 is 0 Å². The molecule has 1 unspecified atom stereocenters. The Kier molecular flexibility index (Phi) is 2.98. The van der Waals surface area contributed by atoms with E-state index in [4.69, 9.17) is 4.74 Å². The zero-order valence-electron chi connectivity index (χ0n) is 10.8. The number of carbonyl (C=O) groups excluding carboxylic acids is 1. The maximum absolute atomic E-state index is 12.4. The Bertz CT molecular complexity index is 452. The number of benzene rings is 1. The van der Waals surface area contributed by atoms with Crippen LogP contribution in [0.3, 0.4) is 0 Å². The van der Waals surface area contributed by atoms with Crippen molar-refractivity contribution in [2.24, 2.45) is 0 Å². The number of nitrogens with zero attached hydrogens (tertiary/aromatic N) is 1. The summed E-state index contributed by atoms with van der Waals surface area (Å²) in [7, 11) is 0. The van der Waals surface area contributed by atoms with Crippen molar-refractivity contribution in [1.82, 2.24) is 0 Å². The Balaban J connectivity index is 1.97. The number of carbonyl (C=O) groups is 1. The van der Waals surface area contributed by atoms with Gasteiger partial charge in [-0.05, 0) is 31.9 Å². The fourth-order valence-electron chi connectivity index (χ4n) is 3.03. The molecule has 1 saturated carbocycles. The predicted octanol–water partition coefficient (Wildman–Crippen LogP) is 3.13. The van der Waals surface area contributed by atoms with Crippen LogP contribution in [0.25, 0.3) is 0 Å². The van der Waals surface area contributed by atoms with Crippen molar-refractivity contribution < 1.29 is 9.53 Å². The van der Waals surface area contributed by atoms with Crippen LogP contribution >= 0.6 is 0 Å². The lowest BCUT2D eigenvalue weighted by atomic mass is 9.93. The zero-order chi connectivity index (χ0) is 12.5. The third-order valence-corrected chi connectivity index (χ3v) is 3.95. The molecule has 1 aliphatic carbocycles. The van der Waals surface area contributed by atoms with Crippen LogP contribution in [0.2, 0.25) is 0 Å². The monoisotopic (exact) mass is 245 g/mol. The van der Waals surface area contributed by atoms with Gasteiger partial charge in [-0.3, -0.25) is 4.79 Å². The standard InChI is InChI=1S/C15H19NO2/c1-11-15(17)16(12-7-3-2-4-8-12)13-9-5-6-10-14(13)18-11/h5-6,9-12H,2-4,7-8H2,1H3. The van der Waals surface area contributed by atoms with Crippen molar-refractivity contribution in [3.63, 3.8) is 0 Å². The summed E-state index contributed by atoms with van der Waals surface area (Å²) < 4.78 is 5.67. The van der Waals surface area contributed by atoms with Crippen molar-refractivity contribution >= 4 is 11.6 Å². The Morgan fingerprint density at radius 3 is 2.67 bits per heavy atom. The number of ether oxygens (including phenoxy) is 1. The number of para-hydroxylation sites is 2. The summed E-state index contributed by atoms with van der Waals surface area (Å²) in [6.45, 7) is 1.84. The van der Waals surface area contributed by atoms with Crippen molar-refractivity contribution in [2.45, 2.75) is 51.2 Å². The van der Waals surface area contributed by atoms with E-state index in [-0.39, 0.29) is 12.0 Å². The van der Waals surface area contributed by atoms with E-state index in [1.807, 2.05) is 36.1 Å². The van der Waals surface area contributed by atoms with Crippen LogP contribution in [-0.2, 0) is 4.79 Å². The minimum absolute atomic E-state index is 0.112. The third kappa shape index (κ3) is 1.88. The first-order chi connectivity index (χ1) is 8.77. The topological polar surface area (TPSA) is 29.5 Å². The predicted molar refractivity (Wildman–Crippen MR) is 70.9 cm³/mol. The molecule has 0 spiro atoms. The van der Waals surface area contributed by atoms with Crippen LogP contribution in [0.15, 0.2) is 24.3 Å². The average molecular weight is 245 g/mol. The van der Waals surface area contributed by atoms with E-state index in [2.05, 4.69) is 0 Å². The number of rotatable bonds is 1. The molecule has 1 fully saturated rings. The molecular weight excluding hydrogens is 226 g/mol. The molecule has 1 amide bonds. The molecule has 2 aliphatic rings. The summed E-state index contributed by atoms with van der Waals surface area (Å²) in [5.74, 6) is 0.954. The number of fused-ring (bicyclic) bond motifs is 1. The molecule has 1 aromatic rings. The van der Waals surface area contributed by atoms with Gasteiger partial charge in [0.2, 0.25) is 0 Å². The van der Waals surface area contributed by atoms with E-state index < -0.39 is 0 Å². The van der Waals surface area contributed by atoms with Crippen LogP contribution in [-0.4, -0.2) is 18.1 Å². The van der Waals surface area contributed by atoms with Gasteiger partial charge in [-0.25, -0.2) is 0 Å². The normalized spacial score (nSPS) is 24.6. The number of amides is 1. The molecule has 18 heavy (non-hydrogen) atoms. The van der Waals surface area contributed by atoms with Gasteiger partial charge in [0, 0.05) is 6.04 Å². The summed E-state index contributed by atoms with van der Waals surface area (Å²) in [5.41, 5.74) is 0.951. The maximum atomic E-state index is 12.4. The fourth-order valence-corrected chi connectivity index (χ4v) is 3.03. The molecule has 1 heterocycles. The van der Waals surface area contributed by atoms with E-state index in [1.54, 1.807) is 0 Å². The first-order valence-corrected chi connectivity index (χ1v) is 6.86. The number of hydrogen-bond donors (Lipinski definition) is 0. The van der Waals surface area contributed by atoms with Crippen LogP contribution in [0, 0.1) is 0 Å². The lowest BCUT2D eigenvalue weighted by Gasteiger charge is -2.39. The first kappa shape index (κ1) is 11.6. The van der Waals surface area contributed by atoms with E-state index in [0.717, 1.165) is 24.3 Å². The molecule has 0 bridgehead atoms. The highest BCUT2D eigenvalue weighted by atomic mass is 16.5. The van der Waals surface area contributed by atoms with E-state index in [0.29, 0.717) is 6.04 Å². The Hall–Kier alpha value is -1.51. The molecule has 96 valence electrons. The van der Waals surface area contributed by atoms with Gasteiger partial charge in [-0.15, -0.1) is 0 Å². The second-order valence-electron chi connectivity index (χ2n) is 5.23. The molecule has 1 aliphatic heterocycles. The van der Waals surface area contributed by atoms with Crippen molar-refractivity contribution in [2.75, 3.05) is 4.90 Å². The third-order valence-electron chi connectivity index (χ3n) is 3.95. The van der Waals surface area contributed by atoms with Gasteiger partial charge in [0.15, 0.2) is 6.10 Å². The fraction of sp³-hybridized carbons (Fsp3) is 0.533. The lowest BCUT2D eigenvalue weighted by Crippen LogP contribution is -2.50. The average Bonchev–Trinajstić information content (AvgIpc) is 2.41. The lowest BCUT2D eigenvalue weighted by molar-refractivity contribution is -0.126. The molecule has 0 aromatic heterocycles. The summed E-state index contributed by atoms with van der Waals surface area (Å²) in [4.78, 5) is 14.4. The maximum Gasteiger partial charge on any atom is 0.268 e. The van der Waals surface area contributed by atoms with Crippen LogP contribution < -0.4 is 9.64 Å². The number of hydrogen-bond acceptors (Lipinski definition) is 2. The van der Waals surface area contributed by atoms with Crippen LogP contribution in [0.1, 0.15) is 39.0 Å². The summed E-state index contributed by atoms with van der Waals surface area (Å²) in [5, 5.41) is 0. The van der Waals surface area contributed by atoms with Gasteiger partial charge >= 0.3 is 0 Å². The molecule has 1 atom stereocenters. The minimum atomic E-state index is -0.359. The molecule has 1 aromatic carbocycles. The second kappa shape index (κ2) is 4.63. The smallest absolute Gasteiger partial charge is 0.268 e. The van der Waals surface area contributed by atoms with E-state index in [1.165, 1.54) is 19.3 Å². The van der Waals surface area contributed by atoms with Crippen molar-refractivity contribution in [1.29, 1.82) is 0 Å². The summed E-state index contributed by atoms with van der Waals surface area (Å²) >= 11 is 0. The quantitative estimate of drug-likeness (QED) is 0.760. The second-order valence-corrected chi connectivity index (χ2v) is 5.23. The van der Waals surface area contributed by atoms with Gasteiger partial charge in [-0.1, -0.05) is 31.4 Å². The Labute approximate surface area is 108 Å². The summed E-state index contributed by atoms with van der Waals surface area (Å²) in [6.07, 6.45) is 5.63. The van der Waals surface area contributed by atoms with Crippen molar-refractivity contribution in [3.8, 4) is 5.75 Å². The van der Waals surface area contributed by atoms with E-state index in [9.17, 15) is 4.79 Å². The van der Waals surface area contributed by atoms with Gasteiger partial charge in [0.25, 0.3) is 5.91 Å². The highest BCUT2D eigenvalue weighted by Crippen LogP contribution is 2.37. The van der Waals surface area contributed by atoms with Crippen molar-refractivity contribution in [3.05, 3.63) is 24.3 Å². The zero-order valence-corrected chi connectivity index (χ0v) is 10.8. The molecular formula is C15H19NO2. The molecule has 3 heteroatoms. The molecule has 0 saturated heterocycles. The molecule has 3 nitrogen and oxygen atoms in total. The largest absolute Gasteiger partial charge is 0.479 e. The highest BCUT2D eigenvalue weighted by molar-refractivity contribution is 6.00. The van der Waals surface area contributed by atoms with Gasteiger partial charge in [-0.2, -0.15) is 0 Å². The summed E-state index contributed by atoms with van der Waals surface area (Å²) in [6, 6.07) is 8.24. The SMILES string of the molecule is CC1Oc2ccccc2N(C2CCCCC2)C1=O. The Morgan fingerprint density at radius 2 is 1.89 bits per heavy atom. The Morgan fingerprint density at radius 1 is 1.17 bits per heavy atom. The van der Waals surface area contributed by atoms with Crippen LogP contribution in [0.5, 0.6) is 5.75 Å². The minimum Gasteiger partial charge on any atom is -0.479 e. The van der Waals surface area contributed by atoms with Gasteiger partial charge in [0.05, 0.1) is 5.69 Å². The molecule has 0 radical (unpaired) electrons. The highest BCUT2D eigenvalue weighted by Gasteiger charge is 2.36. The van der Waals surface area contributed by atoms with Gasteiger partial charge < -0.3 is 9.64 Å². The molecule has 0 N–H and O–H groups in total. The first-order valence-electron chi connectivity index (χ1n) is 6.86.